The van der Waals surface area contributed by atoms with Gasteiger partial charge in [-0.2, -0.15) is 0 Å². The van der Waals surface area contributed by atoms with Crippen molar-refractivity contribution in [1.82, 2.24) is 0 Å². The molecule has 1 heterocycles. The van der Waals surface area contributed by atoms with Crippen molar-refractivity contribution >= 4 is 15.9 Å². The summed E-state index contributed by atoms with van der Waals surface area (Å²) in [4.78, 5) is 0. The van der Waals surface area contributed by atoms with E-state index < -0.39 is 23.6 Å². The molecule has 1 atom stereocenters. The highest BCUT2D eigenvalue weighted by atomic mass is 79.9. The summed E-state index contributed by atoms with van der Waals surface area (Å²) in [6, 6.07) is 3.14. The van der Waals surface area contributed by atoms with Gasteiger partial charge < -0.3 is 9.52 Å². The molecule has 2 rings (SSSR count). The van der Waals surface area contributed by atoms with E-state index in [1.165, 1.54) is 12.3 Å². The summed E-state index contributed by atoms with van der Waals surface area (Å²) in [6.45, 7) is 0. The molecule has 0 radical (unpaired) electrons. The van der Waals surface area contributed by atoms with Gasteiger partial charge in [0, 0.05) is 11.1 Å². The zero-order valence-corrected chi connectivity index (χ0v) is 9.84. The largest absolute Gasteiger partial charge is 0.457 e. The van der Waals surface area contributed by atoms with Crippen molar-refractivity contribution in [2.45, 2.75) is 6.10 Å². The molecule has 0 aliphatic rings. The number of aliphatic hydroxyl groups is 1. The predicted octanol–water partition coefficient (Wildman–Crippen LogP) is 3.54. The van der Waals surface area contributed by atoms with Gasteiger partial charge in [0.1, 0.15) is 6.10 Å². The quantitative estimate of drug-likeness (QED) is 0.861. The fourth-order valence-electron chi connectivity index (χ4n) is 1.42. The third-order valence-corrected chi connectivity index (χ3v) is 2.95. The van der Waals surface area contributed by atoms with Gasteiger partial charge in [-0.3, -0.25) is 0 Å². The highest BCUT2D eigenvalue weighted by Crippen LogP contribution is 2.31. The van der Waals surface area contributed by atoms with Gasteiger partial charge in [-0.25, -0.2) is 13.2 Å². The topological polar surface area (TPSA) is 33.4 Å². The summed E-state index contributed by atoms with van der Waals surface area (Å²) in [5, 5.41) is 9.84. The van der Waals surface area contributed by atoms with Crippen LogP contribution in [-0.4, -0.2) is 5.11 Å². The van der Waals surface area contributed by atoms with Crippen LogP contribution < -0.4 is 0 Å². The molecule has 0 amide bonds. The van der Waals surface area contributed by atoms with E-state index in [1.807, 2.05) is 0 Å². The Morgan fingerprint density at radius 3 is 2.35 bits per heavy atom. The first kappa shape index (κ1) is 12.2. The Bertz CT molecular complexity index is 554. The number of furan rings is 1. The molecule has 0 aliphatic heterocycles. The summed E-state index contributed by atoms with van der Waals surface area (Å²) in [5.74, 6) is -4.32. The van der Waals surface area contributed by atoms with Gasteiger partial charge in [0.15, 0.2) is 22.1 Å². The number of aliphatic hydroxyl groups excluding tert-OH is 1. The van der Waals surface area contributed by atoms with E-state index in [0.29, 0.717) is 0 Å². The Balaban J connectivity index is 2.48. The predicted molar refractivity (Wildman–Crippen MR) is 56.8 cm³/mol. The molecule has 0 bridgehead atoms. The third kappa shape index (κ3) is 2.10. The van der Waals surface area contributed by atoms with Crippen molar-refractivity contribution in [3.63, 3.8) is 0 Å². The Hall–Kier alpha value is -1.27. The molecule has 1 unspecified atom stereocenters. The first-order valence-electron chi connectivity index (χ1n) is 4.56. The number of hydrogen-bond acceptors (Lipinski definition) is 2. The summed E-state index contributed by atoms with van der Waals surface area (Å²) < 4.78 is 44.2. The fraction of sp³-hybridized carbons (Fsp3) is 0.0909. The zero-order chi connectivity index (χ0) is 12.6. The Morgan fingerprint density at radius 2 is 1.76 bits per heavy atom. The first-order valence-corrected chi connectivity index (χ1v) is 5.36. The minimum atomic E-state index is -1.61. The molecule has 1 N–H and O–H groups in total. The molecule has 2 aromatic rings. The molecular formula is C11H6BrF3O2. The van der Waals surface area contributed by atoms with Gasteiger partial charge in [0.2, 0.25) is 0 Å². The van der Waals surface area contributed by atoms with Crippen molar-refractivity contribution in [2.75, 3.05) is 0 Å². The van der Waals surface area contributed by atoms with Crippen LogP contribution in [0.3, 0.4) is 0 Å². The lowest BCUT2D eigenvalue weighted by atomic mass is 10.0. The smallest absolute Gasteiger partial charge is 0.194 e. The maximum Gasteiger partial charge on any atom is 0.194 e. The van der Waals surface area contributed by atoms with E-state index in [-0.39, 0.29) is 15.8 Å². The second-order valence-corrected chi connectivity index (χ2v) is 4.04. The van der Waals surface area contributed by atoms with Crippen molar-refractivity contribution in [1.29, 1.82) is 0 Å². The van der Waals surface area contributed by atoms with Crippen LogP contribution in [0.4, 0.5) is 13.2 Å². The lowest BCUT2D eigenvalue weighted by molar-refractivity contribution is 0.210. The summed E-state index contributed by atoms with van der Waals surface area (Å²) in [7, 11) is 0. The third-order valence-electron chi connectivity index (χ3n) is 2.30. The summed E-state index contributed by atoms with van der Waals surface area (Å²) in [5.41, 5.74) is -0.124. The van der Waals surface area contributed by atoms with Crippen LogP contribution in [0.15, 0.2) is 33.5 Å². The van der Waals surface area contributed by atoms with E-state index >= 15 is 0 Å². The highest BCUT2D eigenvalue weighted by Gasteiger charge is 2.23. The van der Waals surface area contributed by atoms with Gasteiger partial charge in [0.25, 0.3) is 0 Å². The number of halogens is 4. The molecule has 0 spiro atoms. The van der Waals surface area contributed by atoms with E-state index in [0.717, 1.165) is 12.1 Å². The lowest BCUT2D eigenvalue weighted by Crippen LogP contribution is -2.05. The standard InChI is InChI=1S/C11H6BrF3O2/c12-11-6(3-4-17-11)10(16)5-1-2-7(13)9(15)8(5)14/h1-4,10,16H. The molecule has 0 saturated heterocycles. The molecule has 2 nitrogen and oxygen atoms in total. The van der Waals surface area contributed by atoms with Crippen molar-refractivity contribution in [3.05, 3.63) is 57.7 Å². The average molecular weight is 307 g/mol. The normalized spacial score (nSPS) is 12.8. The molecule has 1 aromatic heterocycles. The van der Waals surface area contributed by atoms with Crippen LogP contribution in [0.25, 0.3) is 0 Å². The molecular weight excluding hydrogens is 301 g/mol. The monoisotopic (exact) mass is 306 g/mol. The molecule has 1 aromatic carbocycles. The van der Waals surface area contributed by atoms with Gasteiger partial charge in [-0.1, -0.05) is 6.07 Å². The van der Waals surface area contributed by atoms with Crippen LogP contribution in [0.5, 0.6) is 0 Å². The van der Waals surface area contributed by atoms with Gasteiger partial charge in [0.05, 0.1) is 6.26 Å². The van der Waals surface area contributed by atoms with Crippen LogP contribution in [0.2, 0.25) is 0 Å². The fourth-order valence-corrected chi connectivity index (χ4v) is 1.88. The summed E-state index contributed by atoms with van der Waals surface area (Å²) in [6.07, 6.45) is -0.154. The van der Waals surface area contributed by atoms with Crippen molar-refractivity contribution < 1.29 is 22.7 Å². The van der Waals surface area contributed by atoms with Crippen LogP contribution in [-0.2, 0) is 0 Å². The molecule has 0 saturated carbocycles. The van der Waals surface area contributed by atoms with E-state index in [2.05, 4.69) is 15.9 Å². The van der Waals surface area contributed by atoms with Gasteiger partial charge in [-0.05, 0) is 28.1 Å². The Kier molecular flexibility index (Phi) is 3.26. The van der Waals surface area contributed by atoms with E-state index in [4.69, 9.17) is 4.42 Å². The Morgan fingerprint density at radius 1 is 1.06 bits per heavy atom. The van der Waals surface area contributed by atoms with Crippen LogP contribution in [0.1, 0.15) is 17.2 Å². The van der Waals surface area contributed by atoms with Crippen molar-refractivity contribution in [2.24, 2.45) is 0 Å². The van der Waals surface area contributed by atoms with Crippen LogP contribution >= 0.6 is 15.9 Å². The highest BCUT2D eigenvalue weighted by molar-refractivity contribution is 9.10. The zero-order valence-electron chi connectivity index (χ0n) is 8.25. The second kappa shape index (κ2) is 4.54. The molecule has 0 fully saturated rings. The first-order chi connectivity index (χ1) is 8.02. The second-order valence-electron chi connectivity index (χ2n) is 3.32. The number of hydrogen-bond donors (Lipinski definition) is 1. The number of rotatable bonds is 2. The molecule has 17 heavy (non-hydrogen) atoms. The minimum Gasteiger partial charge on any atom is -0.457 e. The Labute approximate surface area is 103 Å². The molecule has 0 aliphatic carbocycles. The molecule has 90 valence electrons. The average Bonchev–Trinajstić information content (AvgIpc) is 2.72. The maximum atomic E-state index is 13.4. The van der Waals surface area contributed by atoms with E-state index in [9.17, 15) is 18.3 Å². The SMILES string of the molecule is OC(c1ccoc1Br)c1ccc(F)c(F)c1F. The minimum absolute atomic E-state index is 0.203. The lowest BCUT2D eigenvalue weighted by Gasteiger charge is -2.11. The summed E-state index contributed by atoms with van der Waals surface area (Å²) >= 11 is 3.00. The van der Waals surface area contributed by atoms with E-state index in [1.54, 1.807) is 0 Å². The number of benzene rings is 1. The van der Waals surface area contributed by atoms with Gasteiger partial charge in [-0.15, -0.1) is 0 Å². The van der Waals surface area contributed by atoms with Crippen LogP contribution in [0, 0.1) is 17.5 Å². The maximum absolute atomic E-state index is 13.4. The van der Waals surface area contributed by atoms with Crippen molar-refractivity contribution in [3.8, 4) is 0 Å². The van der Waals surface area contributed by atoms with Gasteiger partial charge >= 0.3 is 0 Å². The molecule has 6 heteroatoms.